The Morgan fingerprint density at radius 2 is 1.83 bits per heavy atom. The highest BCUT2D eigenvalue weighted by Crippen LogP contribution is 2.23. The van der Waals surface area contributed by atoms with Crippen molar-refractivity contribution in [2.45, 2.75) is 36.9 Å². The van der Waals surface area contributed by atoms with Crippen LogP contribution < -0.4 is 5.32 Å². The van der Waals surface area contributed by atoms with E-state index in [0.717, 1.165) is 49.0 Å². The Hall–Kier alpha value is -2.64. The molecule has 1 aliphatic rings. The lowest BCUT2D eigenvalue weighted by molar-refractivity contribution is -0.119. The summed E-state index contributed by atoms with van der Waals surface area (Å²) in [7, 11) is 0. The summed E-state index contributed by atoms with van der Waals surface area (Å²) in [6.07, 6.45) is 3.90. The number of ether oxygens (including phenoxy) is 1. The zero-order valence-electron chi connectivity index (χ0n) is 16.9. The van der Waals surface area contributed by atoms with E-state index in [0.29, 0.717) is 12.3 Å². The van der Waals surface area contributed by atoms with Crippen molar-refractivity contribution in [2.75, 3.05) is 18.9 Å². The fraction of sp³-hybridized carbons (Fsp3) is 0.348. The van der Waals surface area contributed by atoms with Crippen molar-refractivity contribution in [1.29, 1.82) is 0 Å². The maximum absolute atomic E-state index is 12.3. The van der Waals surface area contributed by atoms with Crippen molar-refractivity contribution in [3.63, 3.8) is 0 Å². The summed E-state index contributed by atoms with van der Waals surface area (Å²) in [5.41, 5.74) is 2.27. The third kappa shape index (κ3) is 5.49. The Bertz CT molecular complexity index is 940. The molecule has 1 saturated heterocycles. The van der Waals surface area contributed by atoms with Gasteiger partial charge in [-0.1, -0.05) is 60.3 Å². The molecule has 0 saturated carbocycles. The van der Waals surface area contributed by atoms with Gasteiger partial charge in [0.15, 0.2) is 5.16 Å². The molecule has 1 fully saturated rings. The van der Waals surface area contributed by atoms with E-state index in [2.05, 4.69) is 32.2 Å². The van der Waals surface area contributed by atoms with Gasteiger partial charge >= 0.3 is 0 Å². The summed E-state index contributed by atoms with van der Waals surface area (Å²) in [5.74, 6) is 1.19. The number of aromatic nitrogens is 3. The van der Waals surface area contributed by atoms with Gasteiger partial charge in [0.2, 0.25) is 5.91 Å². The molecule has 2 aromatic carbocycles. The smallest absolute Gasteiger partial charge is 0.230 e. The van der Waals surface area contributed by atoms with Gasteiger partial charge in [-0.3, -0.25) is 9.36 Å². The maximum atomic E-state index is 12.3. The van der Waals surface area contributed by atoms with Crippen LogP contribution in [0.4, 0.5) is 0 Å². The maximum Gasteiger partial charge on any atom is 0.230 e. The number of para-hydroxylation sites is 1. The van der Waals surface area contributed by atoms with Crippen molar-refractivity contribution >= 4 is 17.7 Å². The molecule has 0 aliphatic carbocycles. The molecule has 1 aliphatic heterocycles. The highest BCUT2D eigenvalue weighted by molar-refractivity contribution is 7.99. The van der Waals surface area contributed by atoms with E-state index in [1.165, 1.54) is 17.3 Å². The van der Waals surface area contributed by atoms with Crippen LogP contribution in [0.5, 0.6) is 0 Å². The molecular formula is C23H26N4O2S. The lowest BCUT2D eigenvalue weighted by Crippen LogP contribution is -2.32. The number of amides is 1. The van der Waals surface area contributed by atoms with Crippen LogP contribution >= 0.6 is 11.8 Å². The van der Waals surface area contributed by atoms with E-state index >= 15 is 0 Å². The van der Waals surface area contributed by atoms with Crippen LogP contribution in [0.3, 0.4) is 0 Å². The number of benzene rings is 2. The number of nitrogens with zero attached hydrogens (tertiary/aromatic N) is 3. The van der Waals surface area contributed by atoms with Crippen LogP contribution in [0, 0.1) is 0 Å². The van der Waals surface area contributed by atoms with E-state index < -0.39 is 0 Å². The number of thioether (sulfide) groups is 1. The highest BCUT2D eigenvalue weighted by atomic mass is 32.2. The van der Waals surface area contributed by atoms with E-state index in [4.69, 9.17) is 4.74 Å². The largest absolute Gasteiger partial charge is 0.376 e. The van der Waals surface area contributed by atoms with Crippen LogP contribution in [0.15, 0.2) is 65.8 Å². The average Bonchev–Trinajstić information content (AvgIpc) is 3.46. The number of rotatable bonds is 9. The third-order valence-corrected chi connectivity index (χ3v) is 6.01. The van der Waals surface area contributed by atoms with Crippen molar-refractivity contribution < 1.29 is 9.53 Å². The molecule has 0 unspecified atom stereocenters. The first-order valence-corrected chi connectivity index (χ1v) is 11.3. The topological polar surface area (TPSA) is 69.0 Å². The molecule has 156 valence electrons. The summed E-state index contributed by atoms with van der Waals surface area (Å²) in [4.78, 5) is 12.3. The van der Waals surface area contributed by atoms with Gasteiger partial charge in [-0.25, -0.2) is 0 Å². The molecule has 1 aromatic heterocycles. The molecule has 7 heteroatoms. The van der Waals surface area contributed by atoms with Crippen LogP contribution in [-0.2, 0) is 22.4 Å². The van der Waals surface area contributed by atoms with Gasteiger partial charge in [0.05, 0.1) is 11.9 Å². The molecule has 1 amide bonds. The van der Waals surface area contributed by atoms with Gasteiger partial charge < -0.3 is 10.1 Å². The van der Waals surface area contributed by atoms with Crippen molar-refractivity contribution in [2.24, 2.45) is 0 Å². The monoisotopic (exact) mass is 422 g/mol. The first-order valence-electron chi connectivity index (χ1n) is 10.3. The second kappa shape index (κ2) is 10.4. The summed E-state index contributed by atoms with van der Waals surface area (Å²) < 4.78 is 7.62. The number of aryl methyl sites for hydroxylation is 2. The summed E-state index contributed by atoms with van der Waals surface area (Å²) in [6.45, 7) is 1.37. The van der Waals surface area contributed by atoms with Gasteiger partial charge in [-0.2, -0.15) is 0 Å². The summed E-state index contributed by atoms with van der Waals surface area (Å²) >= 11 is 1.41. The van der Waals surface area contributed by atoms with E-state index in [1.807, 2.05) is 48.5 Å². The quantitative estimate of drug-likeness (QED) is 0.535. The van der Waals surface area contributed by atoms with Crippen LogP contribution in [0.1, 0.15) is 24.2 Å². The number of nitrogens with one attached hydrogen (secondary N) is 1. The molecule has 0 spiro atoms. The Morgan fingerprint density at radius 3 is 2.57 bits per heavy atom. The van der Waals surface area contributed by atoms with Gasteiger partial charge in [-0.15, -0.1) is 10.2 Å². The Labute approximate surface area is 181 Å². The Balaban J connectivity index is 1.42. The van der Waals surface area contributed by atoms with Crippen LogP contribution in [0.2, 0.25) is 0 Å². The summed E-state index contributed by atoms with van der Waals surface area (Å²) in [5, 5.41) is 12.5. The first kappa shape index (κ1) is 20.6. The number of carbonyl (C=O) groups excluding carboxylic acids is 1. The molecule has 0 bridgehead atoms. The molecule has 4 rings (SSSR count). The van der Waals surface area contributed by atoms with E-state index in [1.54, 1.807) is 0 Å². The first-order chi connectivity index (χ1) is 14.8. The standard InChI is InChI=1S/C23H26N4O2S/c28-22(24-16-20-12-7-15-29-20)17-30-23-26-25-21(14-13-18-8-3-1-4-9-18)27(23)19-10-5-2-6-11-19/h1-6,8-11,20H,7,12-17H2,(H,24,28)/t20-/m1/s1. The molecule has 30 heavy (non-hydrogen) atoms. The SMILES string of the molecule is O=C(CSc1nnc(CCc2ccccc2)n1-c1ccccc1)NC[C@H]1CCCO1. The van der Waals surface area contributed by atoms with Crippen LogP contribution in [0.25, 0.3) is 5.69 Å². The zero-order chi connectivity index (χ0) is 20.6. The average molecular weight is 423 g/mol. The molecule has 0 radical (unpaired) electrons. The predicted octanol–water partition coefficient (Wildman–Crippen LogP) is 3.44. The Kier molecular flexibility index (Phi) is 7.16. The molecule has 1 atom stereocenters. The molecule has 2 heterocycles. The molecular weight excluding hydrogens is 396 g/mol. The summed E-state index contributed by atoms with van der Waals surface area (Å²) in [6, 6.07) is 20.4. The fourth-order valence-electron chi connectivity index (χ4n) is 3.51. The second-order valence-corrected chi connectivity index (χ2v) is 8.23. The predicted molar refractivity (Wildman–Crippen MR) is 118 cm³/mol. The molecule has 6 nitrogen and oxygen atoms in total. The van der Waals surface area contributed by atoms with Crippen molar-refractivity contribution in [1.82, 2.24) is 20.1 Å². The van der Waals surface area contributed by atoms with Gasteiger partial charge in [-0.05, 0) is 37.0 Å². The van der Waals surface area contributed by atoms with Crippen molar-refractivity contribution in [3.05, 3.63) is 72.1 Å². The van der Waals surface area contributed by atoms with E-state index in [-0.39, 0.29) is 12.0 Å². The minimum atomic E-state index is -0.0102. The zero-order valence-corrected chi connectivity index (χ0v) is 17.7. The third-order valence-electron chi connectivity index (χ3n) is 5.08. The minimum absolute atomic E-state index is 0.0102. The number of hydrogen-bond acceptors (Lipinski definition) is 5. The Morgan fingerprint density at radius 1 is 1.07 bits per heavy atom. The van der Waals surface area contributed by atoms with Crippen molar-refractivity contribution in [3.8, 4) is 5.69 Å². The van der Waals surface area contributed by atoms with Gasteiger partial charge in [0.1, 0.15) is 5.82 Å². The van der Waals surface area contributed by atoms with Gasteiger partial charge in [0, 0.05) is 25.3 Å². The lowest BCUT2D eigenvalue weighted by atomic mass is 10.1. The number of carbonyl (C=O) groups is 1. The van der Waals surface area contributed by atoms with Crippen LogP contribution in [-0.4, -0.2) is 45.7 Å². The second-order valence-electron chi connectivity index (χ2n) is 7.28. The highest BCUT2D eigenvalue weighted by Gasteiger charge is 2.18. The van der Waals surface area contributed by atoms with E-state index in [9.17, 15) is 4.79 Å². The van der Waals surface area contributed by atoms with Gasteiger partial charge in [0.25, 0.3) is 0 Å². The minimum Gasteiger partial charge on any atom is -0.376 e. The molecule has 1 N–H and O–H groups in total. The number of hydrogen-bond donors (Lipinski definition) is 1. The fourth-order valence-corrected chi connectivity index (χ4v) is 4.31. The normalized spacial score (nSPS) is 15.9. The molecule has 3 aromatic rings. The lowest BCUT2D eigenvalue weighted by Gasteiger charge is -2.12.